The maximum Gasteiger partial charge on any atom is 0.315 e. The number of nitrogens with one attached hydrogen (secondary N) is 1. The summed E-state index contributed by atoms with van der Waals surface area (Å²) in [5.74, 6) is 1.43. The molecule has 0 atom stereocenters. The number of hydrogen-bond donors (Lipinski definition) is 1. The quantitative estimate of drug-likeness (QED) is 0.863. The van der Waals surface area contributed by atoms with Gasteiger partial charge in [-0.3, -0.25) is 0 Å². The van der Waals surface area contributed by atoms with Crippen LogP contribution in [-0.2, 0) is 6.54 Å². The van der Waals surface area contributed by atoms with Crippen LogP contribution in [0.15, 0.2) is 15.9 Å². The third kappa shape index (κ3) is 2.27. The third-order valence-corrected chi connectivity index (χ3v) is 2.75. The summed E-state index contributed by atoms with van der Waals surface area (Å²) in [6.07, 6.45) is 0. The van der Waals surface area contributed by atoms with Crippen molar-refractivity contribution in [3.8, 4) is 5.75 Å². The van der Waals surface area contributed by atoms with Crippen molar-refractivity contribution in [3.63, 3.8) is 0 Å². The summed E-state index contributed by atoms with van der Waals surface area (Å²) < 4.78 is 10.4. The summed E-state index contributed by atoms with van der Waals surface area (Å²) in [6, 6.07) is 2.36. The largest absolute Gasteiger partial charge is 0.496 e. The average molecular weight is 225 g/mol. The highest BCUT2D eigenvalue weighted by molar-refractivity contribution is 7.10. The van der Waals surface area contributed by atoms with Crippen LogP contribution >= 0.6 is 11.3 Å². The van der Waals surface area contributed by atoms with Crippen molar-refractivity contribution in [3.05, 3.63) is 22.2 Å². The first-order valence-corrected chi connectivity index (χ1v) is 5.32. The predicted molar refractivity (Wildman–Crippen MR) is 57.2 cm³/mol. The standard InChI is InChI=1S/C9H11N3O2S/c1-6-11-12-9(14-6)10-5-8-7(13-2)3-4-15-8/h3-4H,5H2,1-2H3,(H,10,12). The molecule has 0 aromatic carbocycles. The summed E-state index contributed by atoms with van der Waals surface area (Å²) in [5, 5.41) is 12.6. The number of nitrogens with zero attached hydrogens (tertiary/aromatic N) is 2. The van der Waals surface area contributed by atoms with Gasteiger partial charge in [0.05, 0.1) is 18.5 Å². The lowest BCUT2D eigenvalue weighted by Gasteiger charge is -2.01. The highest BCUT2D eigenvalue weighted by Gasteiger charge is 2.06. The number of methoxy groups -OCH3 is 1. The molecule has 0 bridgehead atoms. The molecule has 0 fully saturated rings. The minimum absolute atomic E-state index is 0.433. The van der Waals surface area contributed by atoms with Gasteiger partial charge in [0.1, 0.15) is 5.75 Å². The summed E-state index contributed by atoms with van der Waals surface area (Å²) in [4.78, 5) is 1.10. The molecule has 1 N–H and O–H groups in total. The topological polar surface area (TPSA) is 60.2 Å². The molecule has 0 spiro atoms. The molecular weight excluding hydrogens is 214 g/mol. The van der Waals surface area contributed by atoms with Gasteiger partial charge in [-0.15, -0.1) is 16.4 Å². The Morgan fingerprint density at radius 3 is 3.07 bits per heavy atom. The molecule has 2 aromatic heterocycles. The second kappa shape index (κ2) is 4.31. The summed E-state index contributed by atoms with van der Waals surface area (Å²) >= 11 is 1.62. The number of ether oxygens (including phenoxy) is 1. The van der Waals surface area contributed by atoms with Crippen LogP contribution in [0.1, 0.15) is 10.8 Å². The number of thiophene rings is 1. The van der Waals surface area contributed by atoms with Crippen molar-refractivity contribution in [1.82, 2.24) is 10.2 Å². The van der Waals surface area contributed by atoms with Crippen LogP contribution < -0.4 is 10.1 Å². The van der Waals surface area contributed by atoms with E-state index in [2.05, 4.69) is 15.5 Å². The lowest BCUT2D eigenvalue weighted by molar-refractivity contribution is 0.412. The first kappa shape index (κ1) is 9.97. The van der Waals surface area contributed by atoms with Crippen LogP contribution in [0.4, 0.5) is 6.01 Å². The lowest BCUT2D eigenvalue weighted by atomic mass is 10.4. The van der Waals surface area contributed by atoms with Crippen molar-refractivity contribution >= 4 is 17.4 Å². The van der Waals surface area contributed by atoms with E-state index in [1.807, 2.05) is 11.4 Å². The Hall–Kier alpha value is -1.56. The van der Waals surface area contributed by atoms with E-state index in [0.29, 0.717) is 18.5 Å². The molecule has 0 saturated heterocycles. The zero-order chi connectivity index (χ0) is 10.7. The molecule has 5 nitrogen and oxygen atoms in total. The fourth-order valence-corrected chi connectivity index (χ4v) is 1.94. The maximum absolute atomic E-state index is 5.19. The Balaban J connectivity index is 1.98. The predicted octanol–water partition coefficient (Wildman–Crippen LogP) is 2.06. The van der Waals surface area contributed by atoms with Crippen LogP contribution in [-0.4, -0.2) is 17.3 Å². The number of anilines is 1. The molecule has 2 aromatic rings. The van der Waals surface area contributed by atoms with E-state index in [1.54, 1.807) is 25.4 Å². The summed E-state index contributed by atoms with van der Waals surface area (Å²) in [6.45, 7) is 2.38. The highest BCUT2D eigenvalue weighted by atomic mass is 32.1. The third-order valence-electron chi connectivity index (χ3n) is 1.85. The zero-order valence-electron chi connectivity index (χ0n) is 8.48. The van der Waals surface area contributed by atoms with Crippen LogP contribution in [0, 0.1) is 6.92 Å². The van der Waals surface area contributed by atoms with Crippen LogP contribution in [0.25, 0.3) is 0 Å². The Morgan fingerprint density at radius 1 is 1.53 bits per heavy atom. The molecule has 2 heterocycles. The Bertz CT molecular complexity index is 438. The van der Waals surface area contributed by atoms with E-state index >= 15 is 0 Å². The van der Waals surface area contributed by atoms with Gasteiger partial charge in [0.2, 0.25) is 5.89 Å². The van der Waals surface area contributed by atoms with Crippen LogP contribution in [0.3, 0.4) is 0 Å². The van der Waals surface area contributed by atoms with Crippen molar-refractivity contribution in [2.45, 2.75) is 13.5 Å². The highest BCUT2D eigenvalue weighted by Crippen LogP contribution is 2.24. The van der Waals surface area contributed by atoms with Gasteiger partial charge < -0.3 is 14.5 Å². The fourth-order valence-electron chi connectivity index (χ4n) is 1.16. The molecule has 0 aliphatic carbocycles. The van der Waals surface area contributed by atoms with E-state index in [1.165, 1.54) is 0 Å². The van der Waals surface area contributed by atoms with E-state index in [-0.39, 0.29) is 0 Å². The number of hydrogen-bond acceptors (Lipinski definition) is 6. The molecule has 0 aliphatic heterocycles. The summed E-state index contributed by atoms with van der Waals surface area (Å²) in [5.41, 5.74) is 0. The fraction of sp³-hybridized carbons (Fsp3) is 0.333. The molecule has 0 unspecified atom stereocenters. The second-order valence-electron chi connectivity index (χ2n) is 2.89. The average Bonchev–Trinajstić information content (AvgIpc) is 2.83. The first-order chi connectivity index (χ1) is 7.29. The van der Waals surface area contributed by atoms with Gasteiger partial charge in [0, 0.05) is 6.92 Å². The van der Waals surface area contributed by atoms with Crippen LogP contribution in [0.2, 0.25) is 0 Å². The SMILES string of the molecule is COc1ccsc1CNc1nnc(C)o1. The number of rotatable bonds is 4. The second-order valence-corrected chi connectivity index (χ2v) is 3.89. The van der Waals surface area contributed by atoms with E-state index in [0.717, 1.165) is 10.6 Å². The Labute approximate surface area is 91.1 Å². The summed E-state index contributed by atoms with van der Waals surface area (Å²) in [7, 11) is 1.66. The van der Waals surface area contributed by atoms with E-state index in [9.17, 15) is 0 Å². The van der Waals surface area contributed by atoms with Gasteiger partial charge in [-0.05, 0) is 11.4 Å². The smallest absolute Gasteiger partial charge is 0.315 e. The normalized spacial score (nSPS) is 10.3. The molecule has 0 amide bonds. The monoisotopic (exact) mass is 225 g/mol. The molecule has 80 valence electrons. The number of aromatic nitrogens is 2. The van der Waals surface area contributed by atoms with Gasteiger partial charge in [-0.2, -0.15) is 0 Å². The Morgan fingerprint density at radius 2 is 2.40 bits per heavy atom. The van der Waals surface area contributed by atoms with Gasteiger partial charge in [-0.25, -0.2) is 0 Å². The van der Waals surface area contributed by atoms with Crippen molar-refractivity contribution in [2.24, 2.45) is 0 Å². The van der Waals surface area contributed by atoms with Gasteiger partial charge >= 0.3 is 6.01 Å². The van der Waals surface area contributed by atoms with Gasteiger partial charge in [-0.1, -0.05) is 5.10 Å². The maximum atomic E-state index is 5.19. The minimum atomic E-state index is 0.433. The van der Waals surface area contributed by atoms with E-state index < -0.39 is 0 Å². The van der Waals surface area contributed by atoms with Gasteiger partial charge in [0.25, 0.3) is 0 Å². The first-order valence-electron chi connectivity index (χ1n) is 4.44. The number of aryl methyl sites for hydroxylation is 1. The van der Waals surface area contributed by atoms with Gasteiger partial charge in [0.15, 0.2) is 0 Å². The Kier molecular flexibility index (Phi) is 2.86. The van der Waals surface area contributed by atoms with Crippen molar-refractivity contribution in [1.29, 1.82) is 0 Å². The zero-order valence-corrected chi connectivity index (χ0v) is 9.30. The van der Waals surface area contributed by atoms with Crippen molar-refractivity contribution < 1.29 is 9.15 Å². The van der Waals surface area contributed by atoms with Crippen molar-refractivity contribution in [2.75, 3.05) is 12.4 Å². The minimum Gasteiger partial charge on any atom is -0.496 e. The molecule has 6 heteroatoms. The molecule has 0 aliphatic rings. The molecule has 0 radical (unpaired) electrons. The lowest BCUT2D eigenvalue weighted by Crippen LogP contribution is -1.99. The molecule has 2 rings (SSSR count). The van der Waals surface area contributed by atoms with Crippen LogP contribution in [0.5, 0.6) is 5.75 Å². The molecule has 15 heavy (non-hydrogen) atoms. The molecule has 0 saturated carbocycles. The molecular formula is C9H11N3O2S. The van der Waals surface area contributed by atoms with E-state index in [4.69, 9.17) is 9.15 Å².